The first-order chi connectivity index (χ1) is 6.33. The van der Waals surface area contributed by atoms with Gasteiger partial charge in [-0.2, -0.15) is 0 Å². The largest absolute Gasteiger partial charge is 0.377 e. The Morgan fingerprint density at radius 2 is 2.15 bits per heavy atom. The van der Waals surface area contributed by atoms with Crippen LogP contribution in [0, 0.1) is 0 Å². The van der Waals surface area contributed by atoms with E-state index in [-0.39, 0.29) is 0 Å². The number of ether oxygens (including phenoxy) is 1. The average molecular weight is 185 g/mol. The molecular weight excluding hydrogens is 162 g/mol. The molecule has 13 heavy (non-hydrogen) atoms. The Bertz CT molecular complexity index is 119. The minimum Gasteiger partial charge on any atom is -0.377 e. The quantitative estimate of drug-likeness (QED) is 0.664. The Hall–Kier alpha value is -0.0800. The van der Waals surface area contributed by atoms with Crippen LogP contribution in [-0.2, 0) is 4.74 Å². The van der Waals surface area contributed by atoms with Crippen molar-refractivity contribution in [1.82, 2.24) is 5.32 Å². The van der Waals surface area contributed by atoms with Gasteiger partial charge in [-0.15, -0.1) is 0 Å². The van der Waals surface area contributed by atoms with Crippen LogP contribution in [0.15, 0.2) is 0 Å². The lowest BCUT2D eigenvalue weighted by atomic mass is 10.0. The van der Waals surface area contributed by atoms with E-state index in [1.165, 1.54) is 32.1 Å². The zero-order chi connectivity index (χ0) is 9.52. The normalized spacial score (nSPS) is 29.1. The Balaban J connectivity index is 1.96. The van der Waals surface area contributed by atoms with Crippen LogP contribution < -0.4 is 5.32 Å². The van der Waals surface area contributed by atoms with Gasteiger partial charge in [0.2, 0.25) is 0 Å². The molecule has 2 atom stereocenters. The van der Waals surface area contributed by atoms with E-state index in [1.54, 1.807) is 0 Å². The number of piperidine rings is 1. The Morgan fingerprint density at radius 3 is 2.77 bits per heavy atom. The molecule has 1 rings (SSSR count). The van der Waals surface area contributed by atoms with Gasteiger partial charge in [-0.05, 0) is 26.2 Å². The lowest BCUT2D eigenvalue weighted by Crippen LogP contribution is -2.41. The summed E-state index contributed by atoms with van der Waals surface area (Å²) in [7, 11) is 0. The van der Waals surface area contributed by atoms with E-state index in [1.807, 2.05) is 0 Å². The highest BCUT2D eigenvalue weighted by Gasteiger charge is 2.17. The molecule has 0 saturated carbocycles. The molecule has 0 radical (unpaired) electrons. The van der Waals surface area contributed by atoms with Crippen LogP contribution in [0.4, 0.5) is 0 Å². The molecule has 1 aliphatic heterocycles. The van der Waals surface area contributed by atoms with Crippen LogP contribution in [0.25, 0.3) is 0 Å². The van der Waals surface area contributed by atoms with Gasteiger partial charge in [-0.1, -0.05) is 19.8 Å². The summed E-state index contributed by atoms with van der Waals surface area (Å²) in [5.41, 5.74) is 0. The predicted molar refractivity (Wildman–Crippen MR) is 56.0 cm³/mol. The number of hydrogen-bond donors (Lipinski definition) is 1. The van der Waals surface area contributed by atoms with Crippen molar-refractivity contribution in [2.75, 3.05) is 13.2 Å². The highest BCUT2D eigenvalue weighted by molar-refractivity contribution is 4.74. The van der Waals surface area contributed by atoms with Crippen LogP contribution >= 0.6 is 0 Å². The van der Waals surface area contributed by atoms with E-state index < -0.39 is 0 Å². The van der Waals surface area contributed by atoms with E-state index in [4.69, 9.17) is 4.74 Å². The van der Waals surface area contributed by atoms with Gasteiger partial charge in [-0.25, -0.2) is 0 Å². The zero-order valence-electron chi connectivity index (χ0n) is 9.01. The van der Waals surface area contributed by atoms with Crippen molar-refractivity contribution in [3.63, 3.8) is 0 Å². The van der Waals surface area contributed by atoms with Crippen LogP contribution in [0.5, 0.6) is 0 Å². The fraction of sp³-hybridized carbons (Fsp3) is 1.00. The summed E-state index contributed by atoms with van der Waals surface area (Å²) in [5, 5.41) is 3.45. The first kappa shape index (κ1) is 11.0. The van der Waals surface area contributed by atoms with Gasteiger partial charge in [0.15, 0.2) is 0 Å². The van der Waals surface area contributed by atoms with E-state index in [2.05, 4.69) is 19.2 Å². The fourth-order valence-corrected chi connectivity index (χ4v) is 1.72. The van der Waals surface area contributed by atoms with E-state index in [9.17, 15) is 0 Å². The Morgan fingerprint density at radius 1 is 1.31 bits per heavy atom. The molecule has 1 N–H and O–H groups in total. The second kappa shape index (κ2) is 6.39. The molecule has 0 amide bonds. The summed E-state index contributed by atoms with van der Waals surface area (Å²) in [4.78, 5) is 0. The molecule has 0 aromatic rings. The van der Waals surface area contributed by atoms with Gasteiger partial charge in [0, 0.05) is 19.2 Å². The van der Waals surface area contributed by atoms with Gasteiger partial charge in [0.1, 0.15) is 0 Å². The maximum Gasteiger partial charge on any atom is 0.0700 e. The Kier molecular flexibility index (Phi) is 5.40. The molecule has 1 saturated heterocycles. The minimum absolute atomic E-state index is 0.480. The SMILES string of the molecule is CCCCCOC1CCC(C)NC1. The first-order valence-electron chi connectivity index (χ1n) is 5.68. The third kappa shape index (κ3) is 4.63. The molecule has 78 valence electrons. The standard InChI is InChI=1S/C11H23NO/c1-3-4-5-8-13-11-7-6-10(2)12-9-11/h10-12H,3-9H2,1-2H3. The fourth-order valence-electron chi connectivity index (χ4n) is 1.72. The number of nitrogens with one attached hydrogen (secondary N) is 1. The molecule has 0 spiro atoms. The third-order valence-corrected chi connectivity index (χ3v) is 2.72. The van der Waals surface area contributed by atoms with Gasteiger partial charge in [-0.3, -0.25) is 0 Å². The topological polar surface area (TPSA) is 21.3 Å². The van der Waals surface area contributed by atoms with Crippen LogP contribution in [0.2, 0.25) is 0 Å². The monoisotopic (exact) mass is 185 g/mol. The van der Waals surface area contributed by atoms with Crippen LogP contribution in [-0.4, -0.2) is 25.3 Å². The smallest absolute Gasteiger partial charge is 0.0700 e. The van der Waals surface area contributed by atoms with E-state index >= 15 is 0 Å². The minimum atomic E-state index is 0.480. The molecule has 2 heteroatoms. The molecule has 0 bridgehead atoms. The highest BCUT2D eigenvalue weighted by Crippen LogP contribution is 2.11. The molecule has 2 unspecified atom stereocenters. The van der Waals surface area contributed by atoms with Crippen molar-refractivity contribution >= 4 is 0 Å². The van der Waals surface area contributed by atoms with E-state index in [0.717, 1.165) is 13.2 Å². The van der Waals surface area contributed by atoms with Crippen LogP contribution in [0.1, 0.15) is 46.0 Å². The maximum absolute atomic E-state index is 5.77. The summed E-state index contributed by atoms with van der Waals surface area (Å²) in [5.74, 6) is 0. The number of rotatable bonds is 5. The molecular formula is C11H23NO. The molecule has 0 aromatic heterocycles. The van der Waals surface area contributed by atoms with Crippen molar-refractivity contribution < 1.29 is 4.74 Å². The molecule has 0 aromatic carbocycles. The molecule has 2 nitrogen and oxygen atoms in total. The van der Waals surface area contributed by atoms with Gasteiger partial charge in [0.25, 0.3) is 0 Å². The third-order valence-electron chi connectivity index (χ3n) is 2.72. The van der Waals surface area contributed by atoms with Crippen molar-refractivity contribution in [1.29, 1.82) is 0 Å². The molecule has 1 fully saturated rings. The molecule has 1 heterocycles. The number of unbranched alkanes of at least 4 members (excludes halogenated alkanes) is 2. The summed E-state index contributed by atoms with van der Waals surface area (Å²) in [6.07, 6.45) is 6.79. The first-order valence-corrected chi connectivity index (χ1v) is 5.68. The Labute approximate surface area is 82.0 Å². The zero-order valence-corrected chi connectivity index (χ0v) is 9.01. The summed E-state index contributed by atoms with van der Waals surface area (Å²) >= 11 is 0. The molecule has 0 aliphatic carbocycles. The summed E-state index contributed by atoms with van der Waals surface area (Å²) in [6.45, 7) is 6.47. The number of hydrogen-bond acceptors (Lipinski definition) is 2. The van der Waals surface area contributed by atoms with Gasteiger partial charge >= 0.3 is 0 Å². The highest BCUT2D eigenvalue weighted by atomic mass is 16.5. The van der Waals surface area contributed by atoms with Crippen molar-refractivity contribution in [2.45, 2.75) is 58.1 Å². The maximum atomic E-state index is 5.77. The lowest BCUT2D eigenvalue weighted by molar-refractivity contribution is 0.0288. The van der Waals surface area contributed by atoms with Crippen molar-refractivity contribution in [3.05, 3.63) is 0 Å². The predicted octanol–water partition coefficient (Wildman–Crippen LogP) is 2.33. The van der Waals surface area contributed by atoms with E-state index in [0.29, 0.717) is 12.1 Å². The van der Waals surface area contributed by atoms with Crippen LogP contribution in [0.3, 0.4) is 0 Å². The summed E-state index contributed by atoms with van der Waals surface area (Å²) < 4.78 is 5.77. The van der Waals surface area contributed by atoms with Crippen molar-refractivity contribution in [2.24, 2.45) is 0 Å². The second-order valence-corrected chi connectivity index (χ2v) is 4.09. The van der Waals surface area contributed by atoms with Gasteiger partial charge in [0.05, 0.1) is 6.10 Å². The average Bonchev–Trinajstić information content (AvgIpc) is 2.15. The van der Waals surface area contributed by atoms with Gasteiger partial charge < -0.3 is 10.1 Å². The van der Waals surface area contributed by atoms with Crippen molar-refractivity contribution in [3.8, 4) is 0 Å². The lowest BCUT2D eigenvalue weighted by Gasteiger charge is -2.27. The summed E-state index contributed by atoms with van der Waals surface area (Å²) in [6, 6.07) is 0.690. The second-order valence-electron chi connectivity index (χ2n) is 4.09. The molecule has 1 aliphatic rings.